The number of anilines is 8. The van der Waals surface area contributed by atoms with Crippen LogP contribution in [0.3, 0.4) is 0 Å². The molecule has 1 unspecified atom stereocenters. The smallest absolute Gasteiger partial charge is 0.276 e. The van der Waals surface area contributed by atoms with Gasteiger partial charge in [0.25, 0.3) is 11.5 Å². The fraction of sp³-hybridized carbons (Fsp3) is 0.486. The summed E-state index contributed by atoms with van der Waals surface area (Å²) in [5.41, 5.74) is 33.7. The van der Waals surface area contributed by atoms with Crippen LogP contribution in [0.15, 0.2) is 80.3 Å². The summed E-state index contributed by atoms with van der Waals surface area (Å²) in [6, 6.07) is 2.85. The van der Waals surface area contributed by atoms with E-state index in [9.17, 15) is 33.2 Å². The van der Waals surface area contributed by atoms with E-state index in [0.29, 0.717) is 76.9 Å². The second-order valence-corrected chi connectivity index (χ2v) is 31.7. The lowest BCUT2D eigenvalue weighted by molar-refractivity contribution is -0.122. The first kappa shape index (κ1) is 73.2. The molecule has 5 amide bonds. The monoisotopic (exact) mass is 1580 g/mol. The molecule has 33 heteroatoms. The number of carbonyl (C=O) groups excluding carboxylic acids is 5. The molecule has 556 valence electrons. The van der Waals surface area contributed by atoms with Crippen LogP contribution in [-0.4, -0.2) is 168 Å². The van der Waals surface area contributed by atoms with Crippen LogP contribution >= 0.6 is 43.6 Å². The molecule has 29 nitrogen and oxygen atoms in total. The first-order chi connectivity index (χ1) is 50.8. The Bertz CT molecular complexity index is 4780. The van der Waals surface area contributed by atoms with E-state index in [4.69, 9.17) is 22.9 Å². The van der Waals surface area contributed by atoms with Crippen LogP contribution in [0.1, 0.15) is 120 Å². The van der Waals surface area contributed by atoms with Gasteiger partial charge in [0.05, 0.1) is 82.2 Å². The lowest BCUT2D eigenvalue weighted by Crippen LogP contribution is -2.43. The van der Waals surface area contributed by atoms with Gasteiger partial charge in [0.2, 0.25) is 23.6 Å². The Kier molecular flexibility index (Phi) is 22.4. The largest absolute Gasteiger partial charge is 0.368 e. The summed E-state index contributed by atoms with van der Waals surface area (Å²) in [6.07, 6.45) is 28.7. The number of thioether (sulfide) groups is 1. The first-order valence-electron chi connectivity index (χ1n) is 36.6. The fourth-order valence-corrected chi connectivity index (χ4v) is 16.5. The SMILES string of the molecule is CCSc1cnc2[nH]cc(NC(=O)C3CC3)c2c1N1CCC[C@@H](N)C1.N[C@@H]1CCCN(c2c(Br)cnc3[nH]cc(NC(=O)C4CCC(=O)N4)c23)C1.N[C@@H]1CCCN(c2c(Br)cnc3[nH]cc(NC(=O)c4ccc(=O)n(CC5CC5)n4)c23)C1.N[C@@H]1CCCN(c2c(F)cnc3[nH]cc(NC(=O)C4CC4)c23)C1. The molecule has 8 aliphatic rings. The Morgan fingerprint density at radius 1 is 0.533 bits per heavy atom. The average molecular weight is 1580 g/mol. The summed E-state index contributed by atoms with van der Waals surface area (Å²) in [5, 5.41) is 22.2. The number of carbonyl (C=O) groups is 5. The number of nitrogens with two attached hydrogens (primary N) is 4. The molecule has 0 spiro atoms. The minimum absolute atomic E-state index is 0.00328. The standard InChI is InChI=1S/C21H24BrN7O2.C18H25N5OS.C17H21BrN6O2.C16H20FN5O/c22-14-8-24-20-18(19(14)28-7-1-2-13(23)11-28)16(9-25-20)26-21(31)15-5-6-17(30)29(27-15)10-12-3-4-12;1-2-25-14-9-21-17-15(16(14)23-7-3-4-12(19)10-23)13(8-20-17)22-18(24)11-5-6-11;18-10-6-20-16-14(15(10)24-5-1-2-9(19)8-24)12(7-21-16)23-17(26)11-3-4-13(25)22-11;17-11-6-19-15-13(14(11)22-5-1-2-10(18)8-22)12(7-20-15)21-16(23)9-3-4-9/h5-6,8-9,12-13H,1-4,7,10-11,23H2,(H,24,25)(H,26,31);8-9,11-12H,2-7,10,19H2,1H3,(H,20,21)(H,22,24);6-7,9,11H,1-5,8,19H2,(H,20,21)(H,22,25)(H,23,26);6-7,9-10H,1-5,8,18H2,(H,19,20)(H,21,23)/t13-;12-;9-,11?;10-/m1111/s1. The Morgan fingerprint density at radius 2 is 0.952 bits per heavy atom. The van der Waals surface area contributed by atoms with Gasteiger partial charge < -0.3 is 89.1 Å². The number of pyridine rings is 4. The highest BCUT2D eigenvalue weighted by Gasteiger charge is 2.35. The molecule has 8 fully saturated rings. The molecule has 5 aliphatic heterocycles. The number of H-pyrrole nitrogens is 4. The van der Waals surface area contributed by atoms with Crippen LogP contribution in [0.2, 0.25) is 0 Å². The predicted molar refractivity (Wildman–Crippen MR) is 415 cm³/mol. The minimum Gasteiger partial charge on any atom is -0.368 e. The Balaban J connectivity index is 0.000000119. The van der Waals surface area contributed by atoms with Crippen LogP contribution in [0.4, 0.5) is 49.9 Å². The summed E-state index contributed by atoms with van der Waals surface area (Å²) in [4.78, 5) is 113. The van der Waals surface area contributed by atoms with E-state index in [1.807, 2.05) is 17.3 Å². The van der Waals surface area contributed by atoms with Crippen molar-refractivity contribution in [1.82, 2.24) is 55.0 Å². The van der Waals surface area contributed by atoms with E-state index in [0.717, 1.165) is 194 Å². The van der Waals surface area contributed by atoms with Crippen LogP contribution in [-0.2, 0) is 25.7 Å². The maximum absolute atomic E-state index is 14.5. The molecule has 0 radical (unpaired) electrons. The molecule has 14 heterocycles. The highest BCUT2D eigenvalue weighted by Crippen LogP contribution is 2.45. The van der Waals surface area contributed by atoms with Gasteiger partial charge in [-0.1, -0.05) is 6.92 Å². The van der Waals surface area contributed by atoms with Crippen molar-refractivity contribution < 1.29 is 28.4 Å². The average Bonchev–Trinajstić information content (AvgIpc) is 1.68. The van der Waals surface area contributed by atoms with Gasteiger partial charge in [-0.25, -0.2) is 29.0 Å². The summed E-state index contributed by atoms with van der Waals surface area (Å²) >= 11 is 9.02. The zero-order valence-electron chi connectivity index (χ0n) is 58.6. The van der Waals surface area contributed by atoms with Gasteiger partial charge in [0.15, 0.2) is 5.82 Å². The number of aromatic amines is 4. The highest BCUT2D eigenvalue weighted by atomic mass is 79.9. The number of nitrogens with one attached hydrogen (secondary N) is 9. The second-order valence-electron chi connectivity index (χ2n) is 28.7. The number of rotatable bonds is 16. The molecule has 5 atom stereocenters. The Morgan fingerprint density at radius 3 is 1.39 bits per heavy atom. The number of aromatic nitrogens is 10. The predicted octanol–water partition coefficient (Wildman–Crippen LogP) is 8.87. The van der Waals surface area contributed by atoms with E-state index < -0.39 is 6.04 Å². The first-order valence-corrected chi connectivity index (χ1v) is 39.1. The minimum atomic E-state index is -0.487. The topological polar surface area (TPSA) is 412 Å². The van der Waals surface area contributed by atoms with Crippen molar-refractivity contribution >= 4 is 163 Å². The summed E-state index contributed by atoms with van der Waals surface area (Å²) < 4.78 is 17.6. The third-order valence-corrected chi connectivity index (χ3v) is 22.4. The lowest BCUT2D eigenvalue weighted by Gasteiger charge is -2.34. The van der Waals surface area contributed by atoms with Crippen molar-refractivity contribution in [3.05, 3.63) is 92.5 Å². The number of hydrogen-bond donors (Lipinski definition) is 13. The van der Waals surface area contributed by atoms with Gasteiger partial charge in [-0.2, -0.15) is 5.10 Å². The molecular formula is C72H90Br2FN23O6S. The molecule has 0 aromatic carbocycles. The normalized spacial score (nSPS) is 21.1. The van der Waals surface area contributed by atoms with Crippen molar-refractivity contribution in [1.29, 1.82) is 0 Å². The Labute approximate surface area is 625 Å². The van der Waals surface area contributed by atoms with Gasteiger partial charge in [0, 0.05) is 156 Å². The number of hydrogen-bond acceptors (Lipinski definition) is 20. The number of piperidine rings is 4. The van der Waals surface area contributed by atoms with Crippen LogP contribution in [0.5, 0.6) is 0 Å². The summed E-state index contributed by atoms with van der Waals surface area (Å²) in [5.74, 6) is 0.806. The van der Waals surface area contributed by atoms with E-state index in [2.05, 4.69) is 125 Å². The van der Waals surface area contributed by atoms with Crippen molar-refractivity contribution in [2.24, 2.45) is 40.7 Å². The third kappa shape index (κ3) is 16.9. The lowest BCUT2D eigenvalue weighted by atomic mass is 10.1. The number of nitrogens with zero attached hydrogens (tertiary/aromatic N) is 10. The molecule has 9 aromatic rings. The molecule has 105 heavy (non-hydrogen) atoms. The second kappa shape index (κ2) is 32.2. The third-order valence-electron chi connectivity index (χ3n) is 20.4. The zero-order valence-corrected chi connectivity index (χ0v) is 62.5. The van der Waals surface area contributed by atoms with Gasteiger partial charge >= 0.3 is 0 Å². The molecule has 17 rings (SSSR count). The molecule has 3 aliphatic carbocycles. The van der Waals surface area contributed by atoms with Gasteiger partial charge in [-0.15, -0.1) is 11.8 Å². The number of amides is 5. The quantitative estimate of drug-likeness (QED) is 0.0401. The van der Waals surface area contributed by atoms with E-state index >= 15 is 0 Å². The van der Waals surface area contributed by atoms with E-state index in [-0.39, 0.29) is 82.6 Å². The summed E-state index contributed by atoms with van der Waals surface area (Å²) in [6.45, 7) is 9.20. The van der Waals surface area contributed by atoms with Crippen molar-refractivity contribution in [2.45, 2.75) is 151 Å². The highest BCUT2D eigenvalue weighted by molar-refractivity contribution is 9.11. The van der Waals surface area contributed by atoms with Crippen LogP contribution in [0.25, 0.3) is 44.1 Å². The summed E-state index contributed by atoms with van der Waals surface area (Å²) in [7, 11) is 0. The van der Waals surface area contributed by atoms with Crippen LogP contribution < -0.4 is 74.7 Å². The number of fused-ring (bicyclic) bond motifs is 4. The van der Waals surface area contributed by atoms with Crippen LogP contribution in [0, 0.1) is 23.6 Å². The van der Waals surface area contributed by atoms with Gasteiger partial charge in [-0.3, -0.25) is 28.8 Å². The van der Waals surface area contributed by atoms with Gasteiger partial charge in [0.1, 0.15) is 34.3 Å². The van der Waals surface area contributed by atoms with E-state index in [1.54, 1.807) is 42.7 Å². The maximum Gasteiger partial charge on any atom is 0.276 e. The van der Waals surface area contributed by atoms with Gasteiger partial charge in [-0.05, 0) is 146 Å². The molecular weight excluding hydrogens is 1490 g/mol. The maximum atomic E-state index is 14.5. The fourth-order valence-electron chi connectivity index (χ4n) is 14.6. The molecule has 9 aromatic heterocycles. The Hall–Kier alpha value is -8.73. The molecule has 3 saturated carbocycles. The molecule has 0 bridgehead atoms. The zero-order chi connectivity index (χ0) is 73.2. The van der Waals surface area contributed by atoms with Crippen molar-refractivity contribution in [3.8, 4) is 0 Å². The van der Waals surface area contributed by atoms with Crippen molar-refractivity contribution in [3.63, 3.8) is 0 Å². The van der Waals surface area contributed by atoms with Crippen molar-refractivity contribution in [2.75, 3.05) is 99.0 Å². The molecule has 5 saturated heterocycles. The van der Waals surface area contributed by atoms with E-state index in [1.165, 1.54) is 28.7 Å². The number of halogens is 3. The molecule has 17 N–H and O–H groups in total.